The Morgan fingerprint density at radius 3 is 2.60 bits per heavy atom. The van der Waals surface area contributed by atoms with E-state index in [-0.39, 0.29) is 6.04 Å². The molecule has 1 saturated carbocycles. The Hall–Kier alpha value is -2.84. The lowest BCUT2D eigenvalue weighted by molar-refractivity contribution is 0.189. The standard InChI is InChI=1S/C27H34N4O3S/c1-34-23-6-4-5-22(19-23)31(27(32)33)21-11-9-20(10-12-21)13-14-29-15-17-30(18-16-29)26-24-7-2-3-8-25(24)35-28-26/h2-8,19-21H,9-18H2,1H3,(H,32,33). The summed E-state index contributed by atoms with van der Waals surface area (Å²) in [6.45, 7) is 5.32. The Morgan fingerprint density at radius 2 is 1.86 bits per heavy atom. The average molecular weight is 495 g/mol. The Morgan fingerprint density at radius 1 is 1.09 bits per heavy atom. The molecule has 0 bridgehead atoms. The van der Waals surface area contributed by atoms with Crippen molar-refractivity contribution in [2.24, 2.45) is 5.92 Å². The van der Waals surface area contributed by atoms with Gasteiger partial charge in [0.1, 0.15) is 11.6 Å². The molecule has 1 amide bonds. The predicted octanol–water partition coefficient (Wildman–Crippen LogP) is 5.56. The molecule has 0 spiro atoms. The summed E-state index contributed by atoms with van der Waals surface area (Å²) in [5.74, 6) is 2.50. The number of fused-ring (bicyclic) bond motifs is 1. The predicted molar refractivity (Wildman–Crippen MR) is 142 cm³/mol. The summed E-state index contributed by atoms with van der Waals surface area (Å²) in [4.78, 5) is 18.6. The molecule has 2 heterocycles. The fraction of sp³-hybridized carbons (Fsp3) is 0.481. The molecule has 3 aromatic rings. The second-order valence-corrected chi connectivity index (χ2v) is 10.5. The van der Waals surface area contributed by atoms with Crippen LogP contribution in [0.1, 0.15) is 32.1 Å². The summed E-state index contributed by atoms with van der Waals surface area (Å²) >= 11 is 1.59. The summed E-state index contributed by atoms with van der Waals surface area (Å²) in [6, 6.07) is 15.9. The van der Waals surface area contributed by atoms with Gasteiger partial charge in [0.25, 0.3) is 0 Å². The molecule has 0 radical (unpaired) electrons. The first kappa shape index (κ1) is 23.9. The molecule has 186 valence electrons. The van der Waals surface area contributed by atoms with Gasteiger partial charge in [0.15, 0.2) is 0 Å². The van der Waals surface area contributed by atoms with E-state index in [0.717, 1.165) is 64.2 Å². The van der Waals surface area contributed by atoms with Crippen molar-refractivity contribution in [2.45, 2.75) is 38.1 Å². The summed E-state index contributed by atoms with van der Waals surface area (Å²) in [5, 5.41) is 11.2. The normalized spacial score (nSPS) is 21.2. The van der Waals surface area contributed by atoms with Gasteiger partial charge in [-0.2, -0.15) is 4.37 Å². The molecule has 8 heteroatoms. The van der Waals surface area contributed by atoms with Crippen molar-refractivity contribution in [3.63, 3.8) is 0 Å². The number of hydrogen-bond acceptors (Lipinski definition) is 6. The van der Waals surface area contributed by atoms with Crippen LogP contribution in [0.15, 0.2) is 48.5 Å². The number of aromatic nitrogens is 1. The maximum absolute atomic E-state index is 12.1. The Kier molecular flexibility index (Phi) is 7.39. The zero-order chi connectivity index (χ0) is 24.2. The first-order chi connectivity index (χ1) is 17.1. The molecule has 1 saturated heterocycles. The molecule has 5 rings (SSSR count). The van der Waals surface area contributed by atoms with E-state index in [9.17, 15) is 9.90 Å². The van der Waals surface area contributed by atoms with Crippen LogP contribution in [0.2, 0.25) is 0 Å². The third-order valence-electron chi connectivity index (χ3n) is 7.60. The molecule has 7 nitrogen and oxygen atoms in total. The van der Waals surface area contributed by atoms with Crippen molar-refractivity contribution < 1.29 is 14.6 Å². The van der Waals surface area contributed by atoms with Crippen molar-refractivity contribution in [2.75, 3.05) is 49.6 Å². The maximum Gasteiger partial charge on any atom is 0.412 e. The number of benzene rings is 2. The van der Waals surface area contributed by atoms with Crippen molar-refractivity contribution in [1.82, 2.24) is 9.27 Å². The van der Waals surface area contributed by atoms with Crippen LogP contribution in [0.5, 0.6) is 5.75 Å². The van der Waals surface area contributed by atoms with Crippen molar-refractivity contribution in [3.05, 3.63) is 48.5 Å². The summed E-state index contributed by atoms with van der Waals surface area (Å²) in [5.41, 5.74) is 0.700. The van der Waals surface area contributed by atoms with E-state index in [0.29, 0.717) is 17.4 Å². The van der Waals surface area contributed by atoms with E-state index in [1.165, 1.54) is 16.5 Å². The van der Waals surface area contributed by atoms with Crippen LogP contribution in [-0.2, 0) is 0 Å². The number of anilines is 2. The SMILES string of the molecule is COc1cccc(N(C(=O)O)C2CCC(CCN3CCN(c4nsc5ccccc45)CC3)CC2)c1. The van der Waals surface area contributed by atoms with E-state index < -0.39 is 6.09 Å². The highest BCUT2D eigenvalue weighted by Gasteiger charge is 2.30. The van der Waals surface area contributed by atoms with Gasteiger partial charge in [-0.15, -0.1) is 0 Å². The minimum Gasteiger partial charge on any atom is -0.497 e. The number of methoxy groups -OCH3 is 1. The van der Waals surface area contributed by atoms with Gasteiger partial charge in [0.2, 0.25) is 0 Å². The smallest absolute Gasteiger partial charge is 0.412 e. The zero-order valence-electron chi connectivity index (χ0n) is 20.3. The molecule has 1 aliphatic heterocycles. The number of nitrogens with zero attached hydrogens (tertiary/aromatic N) is 4. The molecule has 1 N–H and O–H groups in total. The topological polar surface area (TPSA) is 69.1 Å². The molecular formula is C27H34N4O3S. The van der Waals surface area contributed by atoms with E-state index in [4.69, 9.17) is 9.11 Å². The lowest BCUT2D eigenvalue weighted by Crippen LogP contribution is -2.47. The highest BCUT2D eigenvalue weighted by atomic mass is 32.1. The van der Waals surface area contributed by atoms with Gasteiger partial charge in [-0.05, 0) is 80.4 Å². The summed E-state index contributed by atoms with van der Waals surface area (Å²) in [6.07, 6.45) is 4.32. The van der Waals surface area contributed by atoms with Crippen molar-refractivity contribution in [3.8, 4) is 5.75 Å². The number of amides is 1. The lowest BCUT2D eigenvalue weighted by Gasteiger charge is -2.38. The van der Waals surface area contributed by atoms with Gasteiger partial charge in [0.05, 0.1) is 17.5 Å². The minimum absolute atomic E-state index is 0.0346. The fourth-order valence-corrected chi connectivity index (χ4v) is 6.37. The number of carbonyl (C=O) groups is 1. The van der Waals surface area contributed by atoms with Gasteiger partial charge in [0, 0.05) is 43.7 Å². The molecule has 1 aliphatic carbocycles. The minimum atomic E-state index is -0.882. The van der Waals surface area contributed by atoms with Gasteiger partial charge in [-0.25, -0.2) is 4.79 Å². The first-order valence-electron chi connectivity index (χ1n) is 12.6. The third kappa shape index (κ3) is 5.38. The molecule has 0 atom stereocenters. The van der Waals surface area contributed by atoms with Gasteiger partial charge in [-0.1, -0.05) is 18.2 Å². The maximum atomic E-state index is 12.1. The highest BCUT2D eigenvalue weighted by Crippen LogP contribution is 2.34. The summed E-state index contributed by atoms with van der Waals surface area (Å²) in [7, 11) is 1.61. The van der Waals surface area contributed by atoms with Gasteiger partial charge < -0.3 is 14.7 Å². The fourth-order valence-electron chi connectivity index (χ4n) is 5.58. The van der Waals surface area contributed by atoms with Crippen molar-refractivity contribution in [1.29, 1.82) is 0 Å². The van der Waals surface area contributed by atoms with Crippen LogP contribution in [0, 0.1) is 5.92 Å². The number of rotatable bonds is 7. The summed E-state index contributed by atoms with van der Waals surface area (Å²) < 4.78 is 11.3. The quantitative estimate of drug-likeness (QED) is 0.464. The van der Waals surface area contributed by atoms with Crippen LogP contribution in [0.3, 0.4) is 0 Å². The number of ether oxygens (including phenoxy) is 1. The molecule has 0 unspecified atom stereocenters. The first-order valence-corrected chi connectivity index (χ1v) is 13.4. The molecular weight excluding hydrogens is 460 g/mol. The second kappa shape index (κ2) is 10.8. The van der Waals surface area contributed by atoms with Crippen LogP contribution < -0.4 is 14.5 Å². The molecule has 2 aliphatic rings. The van der Waals surface area contributed by atoms with E-state index in [1.54, 1.807) is 23.5 Å². The van der Waals surface area contributed by atoms with Gasteiger partial charge in [-0.3, -0.25) is 9.80 Å². The lowest BCUT2D eigenvalue weighted by atomic mass is 9.83. The van der Waals surface area contributed by atoms with E-state index >= 15 is 0 Å². The van der Waals surface area contributed by atoms with Crippen LogP contribution in [0.4, 0.5) is 16.3 Å². The second-order valence-electron chi connectivity index (χ2n) is 9.65. The van der Waals surface area contributed by atoms with E-state index in [2.05, 4.69) is 34.1 Å². The molecule has 1 aromatic heterocycles. The monoisotopic (exact) mass is 494 g/mol. The van der Waals surface area contributed by atoms with Crippen LogP contribution in [0.25, 0.3) is 10.1 Å². The Balaban J connectivity index is 1.09. The molecule has 35 heavy (non-hydrogen) atoms. The van der Waals surface area contributed by atoms with Crippen molar-refractivity contribution >= 4 is 39.2 Å². The Labute approximate surface area is 211 Å². The Bertz CT molecular complexity index is 1140. The molecule has 2 fully saturated rings. The number of hydrogen-bond donors (Lipinski definition) is 1. The van der Waals surface area contributed by atoms with E-state index in [1.807, 2.05) is 24.3 Å². The van der Waals surface area contributed by atoms with Crippen LogP contribution in [-0.4, -0.2) is 66.3 Å². The molecule has 2 aromatic carbocycles. The zero-order valence-corrected chi connectivity index (χ0v) is 21.1. The van der Waals surface area contributed by atoms with Gasteiger partial charge >= 0.3 is 6.09 Å². The average Bonchev–Trinajstić information content (AvgIpc) is 3.33. The number of carboxylic acid groups (broad SMARTS) is 1. The third-order valence-corrected chi connectivity index (χ3v) is 8.42. The van der Waals surface area contributed by atoms with Crippen LogP contribution >= 0.6 is 11.5 Å². The largest absolute Gasteiger partial charge is 0.497 e. The highest BCUT2D eigenvalue weighted by molar-refractivity contribution is 7.13. The number of piperazine rings is 1.